The summed E-state index contributed by atoms with van der Waals surface area (Å²) >= 11 is 12.0. The Balaban J connectivity index is 0.00000200. The molecule has 2 rings (SSSR count). The van der Waals surface area contributed by atoms with Crippen LogP contribution in [0.4, 0.5) is 0 Å². The van der Waals surface area contributed by atoms with E-state index in [1.165, 1.54) is 0 Å². The van der Waals surface area contributed by atoms with E-state index in [1.54, 1.807) is 6.07 Å². The number of rotatable bonds is 5. The number of hydrogen-bond donors (Lipinski definition) is 2. The largest absolute Gasteiger partial charge is 0.356 e. The van der Waals surface area contributed by atoms with Crippen LogP contribution >= 0.6 is 35.6 Å². The first-order chi connectivity index (χ1) is 9.16. The molecule has 1 atom stereocenters. The fourth-order valence-corrected chi connectivity index (χ4v) is 2.72. The van der Waals surface area contributed by atoms with E-state index in [2.05, 4.69) is 10.6 Å². The van der Waals surface area contributed by atoms with Gasteiger partial charge in [-0.1, -0.05) is 35.3 Å². The lowest BCUT2D eigenvalue weighted by Gasteiger charge is -2.11. The van der Waals surface area contributed by atoms with Crippen molar-refractivity contribution in [3.63, 3.8) is 0 Å². The van der Waals surface area contributed by atoms with Crippen molar-refractivity contribution in [3.8, 4) is 0 Å². The lowest BCUT2D eigenvalue weighted by molar-refractivity contribution is -0.121. The lowest BCUT2D eigenvalue weighted by atomic mass is 10.1. The minimum Gasteiger partial charge on any atom is -0.356 e. The van der Waals surface area contributed by atoms with Crippen LogP contribution in [0.3, 0.4) is 0 Å². The second kappa shape index (κ2) is 8.73. The van der Waals surface area contributed by atoms with Crippen LogP contribution in [0.2, 0.25) is 10.0 Å². The molecule has 1 amide bonds. The third kappa shape index (κ3) is 5.13. The predicted molar refractivity (Wildman–Crippen MR) is 86.1 cm³/mol. The van der Waals surface area contributed by atoms with Gasteiger partial charge in [-0.15, -0.1) is 12.4 Å². The SMILES string of the molecule is Cl.O=C(CC1CCCN1)NCCc1cccc(Cl)c1Cl. The van der Waals surface area contributed by atoms with Crippen LogP contribution in [0.1, 0.15) is 24.8 Å². The molecular weight excluding hydrogens is 319 g/mol. The van der Waals surface area contributed by atoms with Crippen LogP contribution < -0.4 is 10.6 Å². The fraction of sp³-hybridized carbons (Fsp3) is 0.500. The number of carbonyl (C=O) groups excluding carboxylic acids is 1. The summed E-state index contributed by atoms with van der Waals surface area (Å²) in [5.41, 5.74) is 0.966. The maximum Gasteiger partial charge on any atom is 0.221 e. The highest BCUT2D eigenvalue weighted by atomic mass is 35.5. The zero-order chi connectivity index (χ0) is 13.7. The van der Waals surface area contributed by atoms with Gasteiger partial charge >= 0.3 is 0 Å². The van der Waals surface area contributed by atoms with E-state index in [0.717, 1.165) is 24.9 Å². The van der Waals surface area contributed by atoms with E-state index in [0.29, 0.717) is 35.5 Å². The number of halogens is 3. The Morgan fingerprint density at radius 3 is 2.90 bits per heavy atom. The first-order valence-electron chi connectivity index (χ1n) is 6.60. The Kier molecular flexibility index (Phi) is 7.67. The van der Waals surface area contributed by atoms with Crippen molar-refractivity contribution in [2.75, 3.05) is 13.1 Å². The average molecular weight is 338 g/mol. The van der Waals surface area contributed by atoms with Crippen LogP contribution in [0.15, 0.2) is 18.2 Å². The summed E-state index contributed by atoms with van der Waals surface area (Å²) in [7, 11) is 0. The van der Waals surface area contributed by atoms with Crippen molar-refractivity contribution >= 4 is 41.5 Å². The molecule has 0 spiro atoms. The third-order valence-corrected chi connectivity index (χ3v) is 4.20. The van der Waals surface area contributed by atoms with E-state index in [9.17, 15) is 4.79 Å². The lowest BCUT2D eigenvalue weighted by Crippen LogP contribution is -2.32. The molecule has 1 aliphatic rings. The molecule has 0 bridgehead atoms. The summed E-state index contributed by atoms with van der Waals surface area (Å²) in [5, 5.41) is 7.37. The van der Waals surface area contributed by atoms with Gasteiger partial charge in [0.2, 0.25) is 5.91 Å². The number of hydrogen-bond acceptors (Lipinski definition) is 2. The highest BCUT2D eigenvalue weighted by Gasteiger charge is 2.17. The highest BCUT2D eigenvalue weighted by Crippen LogP contribution is 2.25. The normalized spacial score (nSPS) is 17.6. The van der Waals surface area contributed by atoms with Crippen molar-refractivity contribution in [3.05, 3.63) is 33.8 Å². The van der Waals surface area contributed by atoms with Crippen molar-refractivity contribution in [2.45, 2.75) is 31.7 Å². The molecule has 1 saturated heterocycles. The topological polar surface area (TPSA) is 41.1 Å². The Morgan fingerprint density at radius 1 is 1.40 bits per heavy atom. The standard InChI is InChI=1S/C14H18Cl2N2O.ClH/c15-12-5-1-3-10(14(12)16)6-8-18-13(19)9-11-4-2-7-17-11;/h1,3,5,11,17H,2,4,6-9H2,(H,18,19);1H. The highest BCUT2D eigenvalue weighted by molar-refractivity contribution is 6.42. The zero-order valence-electron chi connectivity index (χ0n) is 11.1. The van der Waals surface area contributed by atoms with Crippen molar-refractivity contribution in [2.24, 2.45) is 0 Å². The Bertz CT molecular complexity index is 448. The third-order valence-electron chi connectivity index (χ3n) is 3.34. The molecule has 0 aromatic heterocycles. The molecule has 6 heteroatoms. The van der Waals surface area contributed by atoms with Crippen molar-refractivity contribution in [1.82, 2.24) is 10.6 Å². The van der Waals surface area contributed by atoms with E-state index in [1.807, 2.05) is 12.1 Å². The summed E-state index contributed by atoms with van der Waals surface area (Å²) in [5.74, 6) is 0.0950. The molecule has 1 unspecified atom stereocenters. The number of carbonyl (C=O) groups is 1. The molecule has 0 radical (unpaired) electrons. The van der Waals surface area contributed by atoms with E-state index >= 15 is 0 Å². The summed E-state index contributed by atoms with van der Waals surface area (Å²) in [6.07, 6.45) is 3.51. The van der Waals surface area contributed by atoms with Crippen LogP contribution in [-0.4, -0.2) is 25.0 Å². The minimum atomic E-state index is 0. The second-order valence-electron chi connectivity index (χ2n) is 4.81. The van der Waals surface area contributed by atoms with Gasteiger partial charge in [0.1, 0.15) is 0 Å². The van der Waals surface area contributed by atoms with E-state index < -0.39 is 0 Å². The van der Waals surface area contributed by atoms with Gasteiger partial charge < -0.3 is 10.6 Å². The molecular formula is C14H19Cl3N2O. The Morgan fingerprint density at radius 2 is 2.20 bits per heavy atom. The predicted octanol–water partition coefficient (Wildman–Crippen LogP) is 3.22. The van der Waals surface area contributed by atoms with Crippen LogP contribution in [-0.2, 0) is 11.2 Å². The smallest absolute Gasteiger partial charge is 0.221 e. The molecule has 0 saturated carbocycles. The van der Waals surface area contributed by atoms with Crippen LogP contribution in [0.5, 0.6) is 0 Å². The molecule has 1 aromatic rings. The molecule has 1 fully saturated rings. The quantitative estimate of drug-likeness (QED) is 0.866. The summed E-state index contributed by atoms with van der Waals surface area (Å²) in [6, 6.07) is 5.90. The van der Waals surface area contributed by atoms with Crippen molar-refractivity contribution in [1.29, 1.82) is 0 Å². The van der Waals surface area contributed by atoms with Gasteiger partial charge in [-0.25, -0.2) is 0 Å². The molecule has 20 heavy (non-hydrogen) atoms. The van der Waals surface area contributed by atoms with Gasteiger partial charge in [0.05, 0.1) is 10.0 Å². The minimum absolute atomic E-state index is 0. The van der Waals surface area contributed by atoms with Gasteiger partial charge in [0.25, 0.3) is 0 Å². The van der Waals surface area contributed by atoms with Gasteiger partial charge in [-0.2, -0.15) is 0 Å². The van der Waals surface area contributed by atoms with Crippen LogP contribution in [0.25, 0.3) is 0 Å². The first kappa shape index (κ1) is 17.6. The number of nitrogens with one attached hydrogen (secondary N) is 2. The summed E-state index contributed by atoms with van der Waals surface area (Å²) < 4.78 is 0. The number of amides is 1. The summed E-state index contributed by atoms with van der Waals surface area (Å²) in [6.45, 7) is 1.61. The van der Waals surface area contributed by atoms with Crippen molar-refractivity contribution < 1.29 is 4.79 Å². The van der Waals surface area contributed by atoms with Gasteiger partial charge in [-0.05, 0) is 37.4 Å². The maximum absolute atomic E-state index is 11.7. The monoisotopic (exact) mass is 336 g/mol. The van der Waals surface area contributed by atoms with Gasteiger partial charge in [-0.3, -0.25) is 4.79 Å². The second-order valence-corrected chi connectivity index (χ2v) is 5.60. The molecule has 1 aromatic carbocycles. The van der Waals surface area contributed by atoms with E-state index in [-0.39, 0.29) is 18.3 Å². The fourth-order valence-electron chi connectivity index (χ4n) is 2.31. The Hall–Kier alpha value is -0.480. The molecule has 2 N–H and O–H groups in total. The van der Waals surface area contributed by atoms with Gasteiger partial charge in [0.15, 0.2) is 0 Å². The zero-order valence-corrected chi connectivity index (χ0v) is 13.5. The molecule has 0 aliphatic carbocycles. The molecule has 1 heterocycles. The molecule has 112 valence electrons. The van der Waals surface area contributed by atoms with E-state index in [4.69, 9.17) is 23.2 Å². The first-order valence-corrected chi connectivity index (χ1v) is 7.35. The maximum atomic E-state index is 11.7. The van der Waals surface area contributed by atoms with Gasteiger partial charge in [0, 0.05) is 19.0 Å². The number of benzene rings is 1. The molecule has 3 nitrogen and oxygen atoms in total. The Labute approximate surface area is 135 Å². The van der Waals surface area contributed by atoms with Crippen LogP contribution in [0, 0.1) is 0 Å². The average Bonchev–Trinajstić information content (AvgIpc) is 2.87. The molecule has 1 aliphatic heterocycles. The summed E-state index contributed by atoms with van der Waals surface area (Å²) in [4.78, 5) is 11.7.